The lowest BCUT2D eigenvalue weighted by Gasteiger charge is -2.17. The van der Waals surface area contributed by atoms with E-state index in [0.29, 0.717) is 5.39 Å². The molecule has 26 heavy (non-hydrogen) atoms. The van der Waals surface area contributed by atoms with Gasteiger partial charge in [-0.2, -0.15) is 0 Å². The zero-order valence-corrected chi connectivity index (χ0v) is 15.7. The Hall–Kier alpha value is -2.83. The van der Waals surface area contributed by atoms with Crippen molar-refractivity contribution in [2.45, 2.75) is 33.7 Å². The summed E-state index contributed by atoms with van der Waals surface area (Å²) in [5.74, 6) is 6.43. The number of nitrogens with two attached hydrogens (primary N) is 1. The van der Waals surface area contributed by atoms with Crippen LogP contribution in [0, 0.1) is 17.3 Å². The molecule has 0 spiro atoms. The number of hydrogen-bond donors (Lipinski definition) is 1. The van der Waals surface area contributed by atoms with Gasteiger partial charge in [0.1, 0.15) is 0 Å². The van der Waals surface area contributed by atoms with Gasteiger partial charge >= 0.3 is 0 Å². The predicted octanol–water partition coefficient (Wildman–Crippen LogP) is 4.41. The SMILES string of the molecule is CC(N)c1cc2cccc(C#CC(C)(C)C)c2c(=O)n1-c1ccccc1. The van der Waals surface area contributed by atoms with E-state index in [1.54, 1.807) is 4.57 Å². The van der Waals surface area contributed by atoms with Crippen molar-refractivity contribution in [3.05, 3.63) is 76.2 Å². The Morgan fingerprint density at radius 3 is 2.35 bits per heavy atom. The van der Waals surface area contributed by atoms with Crippen LogP contribution < -0.4 is 11.3 Å². The summed E-state index contributed by atoms with van der Waals surface area (Å²) in [6, 6.07) is 17.1. The quantitative estimate of drug-likeness (QED) is 0.700. The molecule has 0 saturated heterocycles. The van der Waals surface area contributed by atoms with Gasteiger partial charge in [-0.25, -0.2) is 0 Å². The lowest BCUT2D eigenvalue weighted by atomic mass is 9.96. The van der Waals surface area contributed by atoms with E-state index in [1.165, 1.54) is 0 Å². The van der Waals surface area contributed by atoms with Crippen molar-refractivity contribution in [3.63, 3.8) is 0 Å². The summed E-state index contributed by atoms with van der Waals surface area (Å²) in [5, 5.41) is 1.51. The molecule has 0 aliphatic heterocycles. The number of nitrogens with zero attached hydrogens (tertiary/aromatic N) is 1. The molecule has 0 radical (unpaired) electrons. The fourth-order valence-corrected chi connectivity index (χ4v) is 2.92. The molecule has 3 heteroatoms. The molecule has 0 aliphatic rings. The molecule has 3 nitrogen and oxygen atoms in total. The molecule has 2 aromatic carbocycles. The molecule has 1 heterocycles. The summed E-state index contributed by atoms with van der Waals surface area (Å²) in [7, 11) is 0. The highest BCUT2D eigenvalue weighted by Crippen LogP contribution is 2.22. The molecule has 0 amide bonds. The Kier molecular flexibility index (Phi) is 4.71. The fraction of sp³-hybridized carbons (Fsp3) is 0.261. The molecule has 0 saturated carbocycles. The Bertz CT molecular complexity index is 1060. The van der Waals surface area contributed by atoms with Crippen LogP contribution in [-0.2, 0) is 0 Å². The fourth-order valence-electron chi connectivity index (χ4n) is 2.92. The minimum Gasteiger partial charge on any atom is -0.323 e. The van der Waals surface area contributed by atoms with Crippen molar-refractivity contribution < 1.29 is 0 Å². The first-order chi connectivity index (χ1) is 12.3. The van der Waals surface area contributed by atoms with E-state index < -0.39 is 0 Å². The monoisotopic (exact) mass is 344 g/mol. The minimum absolute atomic E-state index is 0.0835. The molecule has 0 fully saturated rings. The van der Waals surface area contributed by atoms with Crippen LogP contribution in [0.3, 0.4) is 0 Å². The van der Waals surface area contributed by atoms with Gasteiger partial charge in [-0.15, -0.1) is 0 Å². The summed E-state index contributed by atoms with van der Waals surface area (Å²) < 4.78 is 1.70. The van der Waals surface area contributed by atoms with E-state index in [1.807, 2.05) is 61.5 Å². The van der Waals surface area contributed by atoms with Crippen LogP contribution in [0.15, 0.2) is 59.4 Å². The van der Waals surface area contributed by atoms with E-state index in [2.05, 4.69) is 32.6 Å². The second kappa shape index (κ2) is 6.82. The highest BCUT2D eigenvalue weighted by atomic mass is 16.1. The number of pyridine rings is 1. The first-order valence-corrected chi connectivity index (χ1v) is 8.81. The van der Waals surface area contributed by atoms with Crippen LogP contribution in [0.2, 0.25) is 0 Å². The standard InChI is InChI=1S/C23H24N2O/c1-16(24)20-15-18-10-8-9-17(13-14-23(2,3)4)21(18)22(26)25(20)19-11-6-5-7-12-19/h5-12,15-16H,24H2,1-4H3. The third-order valence-electron chi connectivity index (χ3n) is 4.13. The second-order valence-electron chi connectivity index (χ2n) is 7.60. The zero-order chi connectivity index (χ0) is 18.9. The molecular weight excluding hydrogens is 320 g/mol. The van der Waals surface area contributed by atoms with Crippen molar-refractivity contribution in [3.8, 4) is 17.5 Å². The van der Waals surface area contributed by atoms with Gasteiger partial charge in [-0.05, 0) is 57.3 Å². The van der Waals surface area contributed by atoms with Crippen LogP contribution in [0.5, 0.6) is 0 Å². The maximum atomic E-state index is 13.4. The van der Waals surface area contributed by atoms with Crippen molar-refractivity contribution >= 4 is 10.8 Å². The molecule has 1 atom stereocenters. The molecule has 0 bridgehead atoms. The van der Waals surface area contributed by atoms with Crippen molar-refractivity contribution in [2.24, 2.45) is 11.1 Å². The average Bonchev–Trinajstić information content (AvgIpc) is 2.59. The van der Waals surface area contributed by atoms with Gasteiger partial charge in [0, 0.05) is 28.4 Å². The first-order valence-electron chi connectivity index (χ1n) is 8.81. The summed E-state index contributed by atoms with van der Waals surface area (Å²) in [4.78, 5) is 13.4. The molecule has 0 aliphatic carbocycles. The number of para-hydroxylation sites is 1. The summed E-state index contributed by atoms with van der Waals surface area (Å²) in [6.07, 6.45) is 0. The van der Waals surface area contributed by atoms with Gasteiger partial charge in [-0.1, -0.05) is 42.2 Å². The van der Waals surface area contributed by atoms with E-state index >= 15 is 0 Å². The maximum absolute atomic E-state index is 13.4. The van der Waals surface area contributed by atoms with Crippen molar-refractivity contribution in [2.75, 3.05) is 0 Å². The number of rotatable bonds is 2. The predicted molar refractivity (Wildman–Crippen MR) is 108 cm³/mol. The molecule has 3 aromatic rings. The third-order valence-corrected chi connectivity index (χ3v) is 4.13. The van der Waals surface area contributed by atoms with Crippen LogP contribution in [-0.4, -0.2) is 4.57 Å². The van der Waals surface area contributed by atoms with Gasteiger partial charge in [0.2, 0.25) is 0 Å². The molecule has 1 aromatic heterocycles. The van der Waals surface area contributed by atoms with Gasteiger partial charge < -0.3 is 5.73 Å². The largest absolute Gasteiger partial charge is 0.323 e. The van der Waals surface area contributed by atoms with Crippen LogP contribution >= 0.6 is 0 Å². The van der Waals surface area contributed by atoms with Gasteiger partial charge in [-0.3, -0.25) is 9.36 Å². The van der Waals surface area contributed by atoms with E-state index in [9.17, 15) is 4.79 Å². The average molecular weight is 344 g/mol. The van der Waals surface area contributed by atoms with Crippen LogP contribution in [0.1, 0.15) is 45.0 Å². The number of benzene rings is 2. The summed E-state index contributed by atoms with van der Waals surface area (Å²) >= 11 is 0. The van der Waals surface area contributed by atoms with Crippen LogP contribution in [0.25, 0.3) is 16.5 Å². The number of hydrogen-bond acceptors (Lipinski definition) is 2. The number of fused-ring (bicyclic) bond motifs is 1. The molecule has 2 N–H and O–H groups in total. The second-order valence-corrected chi connectivity index (χ2v) is 7.60. The first kappa shape index (κ1) is 18.0. The van der Waals surface area contributed by atoms with E-state index in [4.69, 9.17) is 5.73 Å². The van der Waals surface area contributed by atoms with Crippen molar-refractivity contribution in [1.29, 1.82) is 0 Å². The maximum Gasteiger partial charge on any atom is 0.264 e. The zero-order valence-electron chi connectivity index (χ0n) is 15.7. The van der Waals surface area contributed by atoms with Gasteiger partial charge in [0.05, 0.1) is 5.39 Å². The van der Waals surface area contributed by atoms with E-state index in [0.717, 1.165) is 22.3 Å². The Morgan fingerprint density at radius 2 is 1.73 bits per heavy atom. The highest BCUT2D eigenvalue weighted by molar-refractivity contribution is 5.88. The Labute approximate surface area is 154 Å². The summed E-state index contributed by atoms with van der Waals surface area (Å²) in [6.45, 7) is 8.06. The lowest BCUT2D eigenvalue weighted by molar-refractivity contribution is 0.571. The van der Waals surface area contributed by atoms with E-state index in [-0.39, 0.29) is 17.0 Å². The highest BCUT2D eigenvalue weighted by Gasteiger charge is 2.15. The Morgan fingerprint density at radius 1 is 1.04 bits per heavy atom. The number of aromatic nitrogens is 1. The Balaban J connectivity index is 2.40. The van der Waals surface area contributed by atoms with Gasteiger partial charge in [0.25, 0.3) is 5.56 Å². The summed E-state index contributed by atoms with van der Waals surface area (Å²) in [5.41, 5.74) is 8.31. The van der Waals surface area contributed by atoms with Crippen molar-refractivity contribution in [1.82, 2.24) is 4.57 Å². The molecule has 1 unspecified atom stereocenters. The van der Waals surface area contributed by atoms with Gasteiger partial charge in [0.15, 0.2) is 0 Å². The lowest BCUT2D eigenvalue weighted by Crippen LogP contribution is -2.26. The molecule has 3 rings (SSSR count). The topological polar surface area (TPSA) is 48.0 Å². The third kappa shape index (κ3) is 3.56. The van der Waals surface area contributed by atoms with Crippen LogP contribution in [0.4, 0.5) is 0 Å². The normalized spacial score (nSPS) is 12.5. The smallest absolute Gasteiger partial charge is 0.264 e. The molecular formula is C23H24N2O. The molecule has 132 valence electrons. The minimum atomic E-state index is -0.267.